The van der Waals surface area contributed by atoms with Gasteiger partial charge in [0.2, 0.25) is 17.8 Å². The molecule has 7 heteroatoms. The Balaban J connectivity index is 1.29. The number of nitrogens with zero attached hydrogens (tertiary/aromatic N) is 5. The lowest BCUT2D eigenvalue weighted by Crippen LogP contribution is -2.47. The largest absolute Gasteiger partial charge is 0.338 e. The van der Waals surface area contributed by atoms with Gasteiger partial charge < -0.3 is 4.90 Å². The number of piperazine rings is 1. The lowest BCUT2D eigenvalue weighted by Gasteiger charge is -2.34. The van der Waals surface area contributed by atoms with Gasteiger partial charge in [0.1, 0.15) is 0 Å². The summed E-state index contributed by atoms with van der Waals surface area (Å²) in [6.07, 6.45) is 0.117. The van der Waals surface area contributed by atoms with Gasteiger partial charge >= 0.3 is 0 Å². The van der Waals surface area contributed by atoms with Crippen molar-refractivity contribution in [2.75, 3.05) is 44.1 Å². The maximum absolute atomic E-state index is 13.0. The van der Waals surface area contributed by atoms with Crippen LogP contribution in [-0.2, 0) is 9.59 Å². The van der Waals surface area contributed by atoms with Crippen molar-refractivity contribution in [1.82, 2.24) is 19.8 Å². The molecule has 4 atom stereocenters. The average molecular weight is 390 g/mol. The number of amides is 2. The Hall–Kier alpha value is -2.02. The second-order valence-corrected chi connectivity index (χ2v) is 8.08. The summed E-state index contributed by atoms with van der Waals surface area (Å²) < 4.78 is 51.1. The molecule has 2 aliphatic heterocycles. The monoisotopic (exact) mass is 389 g/mol. The molecular weight excluding hydrogens is 354 g/mol. The summed E-state index contributed by atoms with van der Waals surface area (Å²) in [5.41, 5.74) is 0. The Morgan fingerprint density at radius 1 is 0.964 bits per heavy atom. The molecule has 0 radical (unpaired) electrons. The highest BCUT2D eigenvalue weighted by Crippen LogP contribution is 2.56. The first-order chi connectivity index (χ1) is 16.0. The zero-order chi connectivity index (χ0) is 24.5. The van der Waals surface area contributed by atoms with E-state index in [1.54, 1.807) is 18.5 Å². The summed E-state index contributed by atoms with van der Waals surface area (Å²) >= 11 is 0. The standard InChI is InChI=1S/C21H29N5O2/c27-19-17-15-4-5-16(14-15)18(17)20(28)26(19)9-2-1-8-24-10-12-25(13-11-24)21-22-6-3-7-23-21/h3,6-7,15-18H,1-2,4-5,8-14H2/t15-,16+,17-,18+/i1D2,2D2,8D2. The molecule has 4 aliphatic rings. The van der Waals surface area contributed by atoms with Crippen LogP contribution in [0, 0.1) is 23.7 Å². The smallest absolute Gasteiger partial charge is 0.233 e. The van der Waals surface area contributed by atoms with Crippen LogP contribution >= 0.6 is 0 Å². The molecule has 0 N–H and O–H groups in total. The van der Waals surface area contributed by atoms with Crippen molar-refractivity contribution >= 4 is 17.8 Å². The molecule has 0 unspecified atom stereocenters. The summed E-state index contributed by atoms with van der Waals surface area (Å²) in [4.78, 5) is 38.4. The summed E-state index contributed by atoms with van der Waals surface area (Å²) in [5, 5.41) is 0. The molecule has 4 fully saturated rings. The van der Waals surface area contributed by atoms with E-state index >= 15 is 0 Å². The Bertz CT molecular complexity index is 944. The van der Waals surface area contributed by atoms with Crippen LogP contribution in [0.2, 0.25) is 0 Å². The van der Waals surface area contributed by atoms with Crippen LogP contribution in [-0.4, -0.2) is 70.8 Å². The zero-order valence-corrected chi connectivity index (χ0v) is 15.8. The number of anilines is 1. The number of fused-ring (bicyclic) bond motifs is 5. The second kappa shape index (κ2) is 7.43. The highest BCUT2D eigenvalue weighted by atomic mass is 16.2. The average Bonchev–Trinajstić information content (AvgIpc) is 3.50. The molecule has 3 heterocycles. The Morgan fingerprint density at radius 3 is 2.25 bits per heavy atom. The third kappa shape index (κ3) is 3.09. The van der Waals surface area contributed by atoms with Crippen LogP contribution in [0.15, 0.2) is 18.5 Å². The van der Waals surface area contributed by atoms with E-state index in [0.717, 1.165) is 24.2 Å². The van der Waals surface area contributed by atoms with E-state index in [9.17, 15) is 9.59 Å². The van der Waals surface area contributed by atoms with Gasteiger partial charge in [-0.15, -0.1) is 0 Å². The second-order valence-electron chi connectivity index (χ2n) is 8.08. The molecule has 2 saturated carbocycles. The summed E-state index contributed by atoms with van der Waals surface area (Å²) in [5.74, 6) is -0.869. The Labute approximate surface area is 174 Å². The molecule has 0 aromatic carbocycles. The molecule has 2 aliphatic carbocycles. The fourth-order valence-electron chi connectivity index (χ4n) is 5.34. The number of carbonyl (C=O) groups is 2. The minimum atomic E-state index is -2.98. The minimum Gasteiger partial charge on any atom is -0.338 e. The molecule has 2 bridgehead atoms. The van der Waals surface area contributed by atoms with E-state index in [4.69, 9.17) is 8.22 Å². The zero-order valence-electron chi connectivity index (χ0n) is 21.8. The molecule has 150 valence electrons. The van der Waals surface area contributed by atoms with E-state index in [1.165, 1.54) is 4.90 Å². The van der Waals surface area contributed by atoms with Crippen molar-refractivity contribution in [3.63, 3.8) is 0 Å². The molecule has 28 heavy (non-hydrogen) atoms. The molecule has 1 aromatic heterocycles. The van der Waals surface area contributed by atoms with Crippen LogP contribution in [0.4, 0.5) is 5.95 Å². The van der Waals surface area contributed by atoms with Crippen LogP contribution in [0.25, 0.3) is 0 Å². The van der Waals surface area contributed by atoms with E-state index in [-0.39, 0.29) is 24.9 Å². The number of aromatic nitrogens is 2. The Morgan fingerprint density at radius 2 is 1.61 bits per heavy atom. The van der Waals surface area contributed by atoms with Gasteiger partial charge in [0.15, 0.2) is 0 Å². The van der Waals surface area contributed by atoms with Gasteiger partial charge in [0.25, 0.3) is 0 Å². The number of rotatable bonds is 6. The van der Waals surface area contributed by atoms with Gasteiger partial charge in [-0.2, -0.15) is 0 Å². The van der Waals surface area contributed by atoms with Crippen molar-refractivity contribution in [1.29, 1.82) is 0 Å². The fourth-order valence-corrected chi connectivity index (χ4v) is 5.34. The number of likely N-dealkylation sites (tertiary alicyclic amines) is 1. The molecule has 0 spiro atoms. The minimum absolute atomic E-state index is 0.149. The first-order valence-corrected chi connectivity index (χ1v) is 10.1. The van der Waals surface area contributed by atoms with Gasteiger partial charge in [-0.05, 0) is 56.4 Å². The normalized spacial score (nSPS) is 37.1. The molecule has 1 aromatic rings. The maximum Gasteiger partial charge on any atom is 0.233 e. The van der Waals surface area contributed by atoms with E-state index < -0.39 is 49.4 Å². The highest BCUT2D eigenvalue weighted by molar-refractivity contribution is 6.06. The van der Waals surface area contributed by atoms with Gasteiger partial charge in [0, 0.05) is 53.3 Å². The summed E-state index contributed by atoms with van der Waals surface area (Å²) in [6.45, 7) is -2.43. The van der Waals surface area contributed by atoms with E-state index in [0.29, 0.717) is 19.0 Å². The van der Waals surface area contributed by atoms with Crippen LogP contribution < -0.4 is 4.90 Å². The van der Waals surface area contributed by atoms with Gasteiger partial charge in [0.05, 0.1) is 11.8 Å². The van der Waals surface area contributed by atoms with Gasteiger partial charge in [-0.1, -0.05) is 0 Å². The number of hydrogen-bond acceptors (Lipinski definition) is 6. The summed E-state index contributed by atoms with van der Waals surface area (Å²) in [7, 11) is 0. The predicted molar refractivity (Wildman–Crippen MR) is 104 cm³/mol. The molecule has 7 nitrogen and oxygen atoms in total. The molecular formula is C21H29N5O2. The molecule has 2 amide bonds. The van der Waals surface area contributed by atoms with Crippen LogP contribution in [0.5, 0.6) is 0 Å². The van der Waals surface area contributed by atoms with Gasteiger partial charge in [-0.25, -0.2) is 9.97 Å². The number of imide groups is 1. The van der Waals surface area contributed by atoms with Crippen molar-refractivity contribution in [3.05, 3.63) is 18.5 Å². The first-order valence-electron chi connectivity index (χ1n) is 13.1. The lowest BCUT2D eigenvalue weighted by molar-refractivity contribution is -0.140. The lowest BCUT2D eigenvalue weighted by atomic mass is 9.81. The van der Waals surface area contributed by atoms with Crippen molar-refractivity contribution in [2.24, 2.45) is 23.7 Å². The van der Waals surface area contributed by atoms with E-state index in [2.05, 4.69) is 9.97 Å². The summed E-state index contributed by atoms with van der Waals surface area (Å²) in [6, 6.07) is 1.70. The van der Waals surface area contributed by atoms with Crippen LogP contribution in [0.1, 0.15) is 40.2 Å². The molecule has 5 rings (SSSR count). The number of hydrogen-bond donors (Lipinski definition) is 0. The first kappa shape index (κ1) is 12.5. The Kier molecular flexibility index (Phi) is 3.32. The van der Waals surface area contributed by atoms with Crippen molar-refractivity contribution in [3.8, 4) is 0 Å². The van der Waals surface area contributed by atoms with Crippen molar-refractivity contribution in [2.45, 2.75) is 32.0 Å². The van der Waals surface area contributed by atoms with Crippen LogP contribution in [0.3, 0.4) is 0 Å². The quantitative estimate of drug-likeness (QED) is 0.685. The highest BCUT2D eigenvalue weighted by Gasteiger charge is 2.60. The third-order valence-electron chi connectivity index (χ3n) is 6.67. The third-order valence-corrected chi connectivity index (χ3v) is 6.67. The predicted octanol–water partition coefficient (Wildman–Crippen LogP) is 1.41. The van der Waals surface area contributed by atoms with E-state index in [1.807, 2.05) is 4.90 Å². The fraction of sp³-hybridized carbons (Fsp3) is 0.714. The SMILES string of the molecule is [2H]C([2H])(CN1C(=O)[C@@H]2[C@@H]3CC[C@@H](C3)[C@@H]2C1=O)C([2H])([2H])C([2H])([2H])N1CCN(c2ncccn2)CC1. The van der Waals surface area contributed by atoms with Gasteiger partial charge in [-0.3, -0.25) is 19.4 Å². The maximum atomic E-state index is 13.0. The topological polar surface area (TPSA) is 69.6 Å². The molecule has 2 saturated heterocycles. The number of carbonyl (C=O) groups excluding carboxylic acids is 2. The van der Waals surface area contributed by atoms with Crippen molar-refractivity contribution < 1.29 is 17.8 Å².